The molecule has 1 fully saturated rings. The van der Waals surface area contributed by atoms with Gasteiger partial charge in [-0.25, -0.2) is 0 Å². The van der Waals surface area contributed by atoms with Gasteiger partial charge in [0.05, 0.1) is 25.3 Å². The Balaban J connectivity index is 1.41. The van der Waals surface area contributed by atoms with Crippen molar-refractivity contribution >= 4 is 17.7 Å². The van der Waals surface area contributed by atoms with Crippen molar-refractivity contribution in [2.75, 3.05) is 39.9 Å². The maximum atomic E-state index is 14.2. The summed E-state index contributed by atoms with van der Waals surface area (Å²) in [7, 11) is 1.56. The van der Waals surface area contributed by atoms with Gasteiger partial charge >= 0.3 is 0 Å². The topological polar surface area (TPSA) is 118 Å². The highest BCUT2D eigenvalue weighted by molar-refractivity contribution is 5.97. The maximum Gasteiger partial charge on any atom is 0.255 e. The van der Waals surface area contributed by atoms with Crippen LogP contribution in [-0.2, 0) is 16.0 Å². The Hall–Kier alpha value is -4.73. The third-order valence-electron chi connectivity index (χ3n) is 8.72. The lowest BCUT2D eigenvalue weighted by atomic mass is 9.85. The number of aromatic hydroxyl groups is 1. The molecule has 1 unspecified atom stereocenters. The first-order valence-electron chi connectivity index (χ1n) is 15.1. The number of ether oxygens (including phenoxy) is 3. The van der Waals surface area contributed by atoms with Gasteiger partial charge in [0, 0.05) is 39.0 Å². The lowest BCUT2D eigenvalue weighted by Gasteiger charge is -2.41. The van der Waals surface area contributed by atoms with E-state index in [4.69, 9.17) is 14.2 Å². The molecule has 0 saturated carbocycles. The summed E-state index contributed by atoms with van der Waals surface area (Å²) in [5.41, 5.74) is 2.99. The number of nitrogens with zero attached hydrogens (tertiary/aromatic N) is 2. The number of piperidine rings is 1. The fraction of sp³-hybridized carbons (Fsp3) is 0.382. The van der Waals surface area contributed by atoms with Crippen LogP contribution in [0.25, 0.3) is 0 Å². The van der Waals surface area contributed by atoms with Crippen molar-refractivity contribution in [2.45, 2.75) is 38.6 Å². The SMILES string of the molecule is COc1cc2c3cc1Oc1ccc(O)c(c1)C(=O)NCCCOc1cccc(c1)C2N(C(=O)C1CCN(C(C)=O)CC1)CC3. The Morgan fingerprint density at radius 3 is 2.61 bits per heavy atom. The average molecular weight is 600 g/mol. The smallest absolute Gasteiger partial charge is 0.255 e. The number of amides is 3. The molecular weight excluding hydrogens is 562 g/mol. The molecule has 2 N–H and O–H groups in total. The zero-order valence-corrected chi connectivity index (χ0v) is 25.0. The molecule has 0 aliphatic carbocycles. The van der Waals surface area contributed by atoms with Gasteiger partial charge in [-0.1, -0.05) is 12.1 Å². The summed E-state index contributed by atoms with van der Waals surface area (Å²) in [5.74, 6) is 1.40. The van der Waals surface area contributed by atoms with Gasteiger partial charge in [0.15, 0.2) is 11.5 Å². The zero-order valence-electron chi connectivity index (χ0n) is 25.0. The molecule has 4 aliphatic rings. The van der Waals surface area contributed by atoms with Crippen LogP contribution >= 0.6 is 0 Å². The molecule has 10 heteroatoms. The largest absolute Gasteiger partial charge is 0.507 e. The van der Waals surface area contributed by atoms with Crippen LogP contribution in [0.4, 0.5) is 0 Å². The van der Waals surface area contributed by atoms with E-state index in [2.05, 4.69) is 5.32 Å². The van der Waals surface area contributed by atoms with E-state index >= 15 is 0 Å². The average Bonchev–Trinajstić information content (AvgIpc) is 3.04. The van der Waals surface area contributed by atoms with Crippen molar-refractivity contribution in [3.63, 3.8) is 0 Å². The predicted molar refractivity (Wildman–Crippen MR) is 162 cm³/mol. The second kappa shape index (κ2) is 12.5. The highest BCUT2D eigenvalue weighted by atomic mass is 16.5. The Labute approximate surface area is 256 Å². The summed E-state index contributed by atoms with van der Waals surface area (Å²) in [6, 6.07) is 15.8. The van der Waals surface area contributed by atoms with Crippen LogP contribution in [0.2, 0.25) is 0 Å². The lowest BCUT2D eigenvalue weighted by Crippen LogP contribution is -2.47. The first-order valence-corrected chi connectivity index (χ1v) is 15.1. The van der Waals surface area contributed by atoms with E-state index in [1.54, 1.807) is 20.1 Å². The maximum absolute atomic E-state index is 14.2. The fourth-order valence-corrected chi connectivity index (χ4v) is 6.36. The van der Waals surface area contributed by atoms with Crippen LogP contribution in [0.1, 0.15) is 59.3 Å². The number of likely N-dealkylation sites (tertiary alicyclic amines) is 1. The number of fused-ring (bicyclic) bond motifs is 6. The summed E-state index contributed by atoms with van der Waals surface area (Å²) in [6.07, 6.45) is 2.45. The van der Waals surface area contributed by atoms with Crippen LogP contribution in [-0.4, -0.2) is 72.5 Å². The van der Waals surface area contributed by atoms with E-state index in [0.29, 0.717) is 81.5 Å². The number of rotatable bonds is 2. The molecule has 10 nitrogen and oxygen atoms in total. The molecule has 8 bridgehead atoms. The molecule has 44 heavy (non-hydrogen) atoms. The molecule has 3 amide bonds. The number of methoxy groups -OCH3 is 1. The Morgan fingerprint density at radius 2 is 1.84 bits per heavy atom. The molecule has 0 spiro atoms. The molecule has 4 aliphatic heterocycles. The number of phenols is 1. The summed E-state index contributed by atoms with van der Waals surface area (Å²) in [6.45, 7) is 3.98. The number of benzene rings is 3. The summed E-state index contributed by atoms with van der Waals surface area (Å²) in [4.78, 5) is 42.7. The molecule has 0 radical (unpaired) electrons. The molecule has 1 saturated heterocycles. The van der Waals surface area contributed by atoms with Gasteiger partial charge in [-0.15, -0.1) is 0 Å². The first-order chi connectivity index (χ1) is 21.3. The number of hydrogen-bond acceptors (Lipinski definition) is 7. The molecule has 1 atom stereocenters. The minimum absolute atomic E-state index is 0.0412. The highest BCUT2D eigenvalue weighted by Crippen LogP contribution is 2.44. The van der Waals surface area contributed by atoms with Crippen molar-refractivity contribution in [3.8, 4) is 28.7 Å². The molecule has 3 aromatic rings. The lowest BCUT2D eigenvalue weighted by molar-refractivity contribution is -0.141. The quantitative estimate of drug-likeness (QED) is 0.447. The van der Waals surface area contributed by atoms with Crippen molar-refractivity contribution in [2.24, 2.45) is 5.92 Å². The van der Waals surface area contributed by atoms with Gasteiger partial charge in [0.2, 0.25) is 11.8 Å². The van der Waals surface area contributed by atoms with Crippen molar-refractivity contribution < 1.29 is 33.7 Å². The van der Waals surface area contributed by atoms with Crippen LogP contribution < -0.4 is 19.5 Å². The van der Waals surface area contributed by atoms with Crippen molar-refractivity contribution in [1.29, 1.82) is 0 Å². The molecular formula is C34H37N3O7. The van der Waals surface area contributed by atoms with E-state index in [1.807, 2.05) is 46.2 Å². The van der Waals surface area contributed by atoms with Gasteiger partial charge in [0.25, 0.3) is 5.91 Å². The number of carbonyl (C=O) groups is 3. The molecule has 230 valence electrons. The third kappa shape index (κ3) is 5.89. The summed E-state index contributed by atoms with van der Waals surface area (Å²) in [5, 5.41) is 13.2. The van der Waals surface area contributed by atoms with E-state index in [-0.39, 0.29) is 35.1 Å². The van der Waals surface area contributed by atoms with Crippen LogP contribution in [0.5, 0.6) is 28.7 Å². The van der Waals surface area contributed by atoms with Gasteiger partial charge in [-0.05, 0) is 84.8 Å². The number of hydrogen-bond donors (Lipinski definition) is 2. The zero-order chi connectivity index (χ0) is 30.8. The second-order valence-electron chi connectivity index (χ2n) is 11.5. The van der Waals surface area contributed by atoms with Gasteiger partial charge in [0.1, 0.15) is 17.2 Å². The molecule has 7 rings (SSSR count). The fourth-order valence-electron chi connectivity index (χ4n) is 6.36. The predicted octanol–water partition coefficient (Wildman–Crippen LogP) is 4.44. The molecule has 0 aromatic heterocycles. The first kappa shape index (κ1) is 29.3. The van der Waals surface area contributed by atoms with Gasteiger partial charge < -0.3 is 34.4 Å². The van der Waals surface area contributed by atoms with Crippen molar-refractivity contribution in [3.05, 3.63) is 76.9 Å². The number of nitrogens with one attached hydrogen (secondary N) is 1. The van der Waals surface area contributed by atoms with Crippen LogP contribution in [0, 0.1) is 5.92 Å². The van der Waals surface area contributed by atoms with E-state index < -0.39 is 5.91 Å². The number of phenolic OH excluding ortho intramolecular Hbond substituents is 1. The highest BCUT2D eigenvalue weighted by Gasteiger charge is 2.38. The van der Waals surface area contributed by atoms with Crippen molar-refractivity contribution in [1.82, 2.24) is 15.1 Å². The van der Waals surface area contributed by atoms with E-state index in [9.17, 15) is 19.5 Å². The molecule has 3 aromatic carbocycles. The number of carbonyl (C=O) groups excluding carboxylic acids is 3. The summed E-state index contributed by atoms with van der Waals surface area (Å²) < 4.78 is 18.1. The Morgan fingerprint density at radius 1 is 1.02 bits per heavy atom. The minimum Gasteiger partial charge on any atom is -0.507 e. The van der Waals surface area contributed by atoms with Gasteiger partial charge in [-0.2, -0.15) is 0 Å². The van der Waals surface area contributed by atoms with E-state index in [1.165, 1.54) is 12.1 Å². The summed E-state index contributed by atoms with van der Waals surface area (Å²) >= 11 is 0. The Kier molecular flexibility index (Phi) is 8.32. The Bertz CT molecular complexity index is 1580. The normalized spacial score (nSPS) is 18.8. The van der Waals surface area contributed by atoms with Gasteiger partial charge in [-0.3, -0.25) is 14.4 Å². The van der Waals surface area contributed by atoms with Crippen LogP contribution in [0.15, 0.2) is 54.6 Å². The standard InChI is InChI=1S/C34H37N3O7/c1-21(38)36-13-9-22(10-14-36)34(41)37-15-11-23-18-31-30(42-2)20-27(23)32(37)24-5-3-6-25(17-24)43-16-4-12-35-33(40)28-19-26(44-31)7-8-29(28)39/h3,5-8,17-20,22,32,39H,4,9-16H2,1-2H3,(H,35,40). The monoisotopic (exact) mass is 599 g/mol. The van der Waals surface area contributed by atoms with E-state index in [0.717, 1.165) is 16.7 Å². The van der Waals surface area contributed by atoms with Crippen LogP contribution in [0.3, 0.4) is 0 Å². The molecule has 4 heterocycles. The third-order valence-corrected chi connectivity index (χ3v) is 8.72. The minimum atomic E-state index is -0.409. The second-order valence-corrected chi connectivity index (χ2v) is 11.5.